The van der Waals surface area contributed by atoms with Crippen LogP contribution in [0.3, 0.4) is 0 Å². The lowest BCUT2D eigenvalue weighted by atomic mass is 9.50. The van der Waals surface area contributed by atoms with Crippen LogP contribution in [-0.4, -0.2) is 16.0 Å². The first kappa shape index (κ1) is 16.4. The van der Waals surface area contributed by atoms with Gasteiger partial charge in [-0.2, -0.15) is 0 Å². The second-order valence-electron chi connectivity index (χ2n) is 8.68. The predicted octanol–water partition coefficient (Wildman–Crippen LogP) is 4.89. The molecule has 3 nitrogen and oxygen atoms in total. The Labute approximate surface area is 138 Å². The normalized spacial score (nSPS) is 29.3. The molecule has 0 heterocycles. The van der Waals surface area contributed by atoms with Crippen LogP contribution in [0, 0.1) is 11.3 Å². The second-order valence-corrected chi connectivity index (χ2v) is 8.68. The topological polar surface area (TPSA) is 57.5 Å². The fourth-order valence-electron chi connectivity index (χ4n) is 5.18. The van der Waals surface area contributed by atoms with Gasteiger partial charge in [0.15, 0.2) is 5.78 Å². The molecule has 1 fully saturated rings. The third-order valence-corrected chi connectivity index (χ3v) is 6.40. The zero-order valence-electron chi connectivity index (χ0n) is 14.9. The predicted molar refractivity (Wildman–Crippen MR) is 91.3 cm³/mol. The first-order valence-electron chi connectivity index (χ1n) is 8.72. The maximum atomic E-state index is 12.8. The summed E-state index contributed by atoms with van der Waals surface area (Å²) < 4.78 is 0. The van der Waals surface area contributed by atoms with Crippen molar-refractivity contribution in [1.29, 1.82) is 0 Å². The summed E-state index contributed by atoms with van der Waals surface area (Å²) >= 11 is 0. The molecule has 2 aliphatic rings. The molecule has 3 rings (SSSR count). The van der Waals surface area contributed by atoms with Crippen molar-refractivity contribution >= 4 is 5.78 Å². The number of carbonyl (C=O) groups excluding carboxylic acids is 1. The van der Waals surface area contributed by atoms with Crippen molar-refractivity contribution in [3.05, 3.63) is 22.8 Å². The lowest BCUT2D eigenvalue weighted by Crippen LogP contribution is -2.49. The Bertz CT molecular complexity index is 672. The van der Waals surface area contributed by atoms with Gasteiger partial charge in [-0.1, -0.05) is 41.0 Å². The smallest absolute Gasteiger partial charge is 0.167 e. The molecule has 23 heavy (non-hydrogen) atoms. The summed E-state index contributed by atoms with van der Waals surface area (Å²) in [5.74, 6) is 0.514. The van der Waals surface area contributed by atoms with Crippen LogP contribution in [0.1, 0.15) is 87.7 Å². The van der Waals surface area contributed by atoms with Crippen molar-refractivity contribution in [1.82, 2.24) is 0 Å². The van der Waals surface area contributed by atoms with E-state index in [0.717, 1.165) is 19.3 Å². The molecule has 2 N–H and O–H groups in total. The molecule has 0 bridgehead atoms. The van der Waals surface area contributed by atoms with E-state index >= 15 is 0 Å². The van der Waals surface area contributed by atoms with Crippen molar-refractivity contribution in [3.8, 4) is 11.5 Å². The summed E-state index contributed by atoms with van der Waals surface area (Å²) in [6, 6.07) is 1.67. The minimum absolute atomic E-state index is 0.0206. The molecule has 1 aromatic rings. The molecule has 0 spiro atoms. The molecule has 3 heteroatoms. The number of phenols is 2. The van der Waals surface area contributed by atoms with Crippen LogP contribution in [0.5, 0.6) is 11.5 Å². The Morgan fingerprint density at radius 3 is 2.43 bits per heavy atom. The first-order chi connectivity index (χ1) is 10.6. The van der Waals surface area contributed by atoms with E-state index in [0.29, 0.717) is 23.1 Å². The molecule has 2 aliphatic carbocycles. The van der Waals surface area contributed by atoms with Crippen molar-refractivity contribution in [2.75, 3.05) is 0 Å². The highest BCUT2D eigenvalue weighted by Gasteiger charge is 2.53. The number of Topliss-reactive ketones (excluding diaryl/α,β-unsaturated/α-hetero) is 1. The summed E-state index contributed by atoms with van der Waals surface area (Å²) in [5, 5.41) is 21.4. The highest BCUT2D eigenvalue weighted by molar-refractivity contribution is 6.03. The fourth-order valence-corrected chi connectivity index (χ4v) is 5.18. The van der Waals surface area contributed by atoms with E-state index in [2.05, 4.69) is 20.8 Å². The standard InChI is InChI=1S/C20H28O3/c1-11(2)12-9-14(22)17-16(18(12)23)13(21)10-15-19(3,4)7-6-8-20(15,17)5/h9,11,15,22-23H,6-8,10H2,1-5H3/t15-,20-/m0/s1. The average Bonchev–Trinajstić information content (AvgIpc) is 2.43. The Morgan fingerprint density at radius 2 is 1.83 bits per heavy atom. The van der Waals surface area contributed by atoms with Gasteiger partial charge in [0.25, 0.3) is 0 Å². The van der Waals surface area contributed by atoms with Crippen molar-refractivity contribution in [2.24, 2.45) is 11.3 Å². The number of ketones is 1. The van der Waals surface area contributed by atoms with Gasteiger partial charge in [-0.15, -0.1) is 0 Å². The molecule has 1 saturated carbocycles. The lowest BCUT2D eigenvalue weighted by molar-refractivity contribution is 0.0352. The average molecular weight is 316 g/mol. The van der Waals surface area contributed by atoms with Crippen molar-refractivity contribution in [2.45, 2.75) is 71.6 Å². The largest absolute Gasteiger partial charge is 0.508 e. The van der Waals surface area contributed by atoms with Crippen molar-refractivity contribution in [3.63, 3.8) is 0 Å². The molecule has 0 radical (unpaired) electrons. The quantitative estimate of drug-likeness (QED) is 0.725. The highest BCUT2D eigenvalue weighted by Crippen LogP contribution is 2.60. The van der Waals surface area contributed by atoms with E-state index in [1.807, 2.05) is 13.8 Å². The second kappa shape index (κ2) is 4.99. The summed E-state index contributed by atoms with van der Waals surface area (Å²) in [4.78, 5) is 12.8. The Morgan fingerprint density at radius 1 is 1.17 bits per heavy atom. The zero-order chi connectivity index (χ0) is 17.2. The molecule has 0 aliphatic heterocycles. The van der Waals surface area contributed by atoms with Crippen LogP contribution in [0.15, 0.2) is 6.07 Å². The summed E-state index contributed by atoms with van der Waals surface area (Å²) in [7, 11) is 0. The van der Waals surface area contributed by atoms with Crippen LogP contribution in [0.2, 0.25) is 0 Å². The SMILES string of the molecule is CC(C)c1cc(O)c2c(c1O)C(=O)C[C@H]1C(C)(C)CCC[C@]21C. The molecule has 1 aromatic carbocycles. The summed E-state index contributed by atoms with van der Waals surface area (Å²) in [6.07, 6.45) is 3.60. The molecule has 0 saturated heterocycles. The van der Waals surface area contributed by atoms with E-state index in [1.165, 1.54) is 0 Å². The molecule has 2 atom stereocenters. The van der Waals surface area contributed by atoms with Gasteiger partial charge < -0.3 is 10.2 Å². The summed E-state index contributed by atoms with van der Waals surface area (Å²) in [5.41, 5.74) is 1.55. The number of aromatic hydroxyl groups is 2. The van der Waals surface area contributed by atoms with Gasteiger partial charge in [0.05, 0.1) is 5.56 Å². The fraction of sp³-hybridized carbons (Fsp3) is 0.650. The van der Waals surface area contributed by atoms with E-state index in [9.17, 15) is 15.0 Å². The van der Waals surface area contributed by atoms with Gasteiger partial charge in [-0.25, -0.2) is 0 Å². The molecule has 0 unspecified atom stereocenters. The van der Waals surface area contributed by atoms with E-state index < -0.39 is 0 Å². The van der Waals surface area contributed by atoms with Gasteiger partial charge in [-0.3, -0.25) is 4.79 Å². The number of hydrogen-bond acceptors (Lipinski definition) is 3. The molecule has 126 valence electrons. The van der Waals surface area contributed by atoms with Crippen LogP contribution >= 0.6 is 0 Å². The van der Waals surface area contributed by atoms with Gasteiger partial charge in [-0.05, 0) is 36.2 Å². The van der Waals surface area contributed by atoms with Gasteiger partial charge >= 0.3 is 0 Å². The number of carbonyl (C=O) groups is 1. The molecular formula is C20H28O3. The lowest BCUT2D eigenvalue weighted by Gasteiger charge is -2.54. The van der Waals surface area contributed by atoms with Gasteiger partial charge in [0.2, 0.25) is 0 Å². The minimum Gasteiger partial charge on any atom is -0.508 e. The monoisotopic (exact) mass is 316 g/mol. The Balaban J connectivity index is 2.29. The van der Waals surface area contributed by atoms with Crippen LogP contribution < -0.4 is 0 Å². The number of rotatable bonds is 1. The van der Waals surface area contributed by atoms with Crippen LogP contribution in [-0.2, 0) is 5.41 Å². The third-order valence-electron chi connectivity index (χ3n) is 6.40. The van der Waals surface area contributed by atoms with E-state index in [1.54, 1.807) is 6.07 Å². The molecular weight excluding hydrogens is 288 g/mol. The number of phenolic OH excluding ortho intramolecular Hbond substituents is 2. The Hall–Kier alpha value is -1.51. The third kappa shape index (κ3) is 2.20. The van der Waals surface area contributed by atoms with Crippen molar-refractivity contribution < 1.29 is 15.0 Å². The van der Waals surface area contributed by atoms with E-state index in [-0.39, 0.29) is 39.9 Å². The highest BCUT2D eigenvalue weighted by atomic mass is 16.3. The van der Waals surface area contributed by atoms with Crippen LogP contribution in [0.4, 0.5) is 0 Å². The Kier molecular flexibility index (Phi) is 3.55. The van der Waals surface area contributed by atoms with Gasteiger partial charge in [0.1, 0.15) is 11.5 Å². The number of benzene rings is 1. The maximum absolute atomic E-state index is 12.8. The van der Waals surface area contributed by atoms with Crippen LogP contribution in [0.25, 0.3) is 0 Å². The van der Waals surface area contributed by atoms with Gasteiger partial charge in [0, 0.05) is 23.0 Å². The first-order valence-corrected chi connectivity index (χ1v) is 8.72. The number of hydrogen-bond donors (Lipinski definition) is 2. The zero-order valence-corrected chi connectivity index (χ0v) is 14.9. The maximum Gasteiger partial charge on any atom is 0.167 e. The molecule has 0 aromatic heterocycles. The minimum atomic E-state index is -0.248. The summed E-state index contributed by atoms with van der Waals surface area (Å²) in [6.45, 7) is 10.5. The van der Waals surface area contributed by atoms with E-state index in [4.69, 9.17) is 0 Å². The number of fused-ring (bicyclic) bond motifs is 3. The molecule has 0 amide bonds.